The number of thiophene rings is 1. The Morgan fingerprint density at radius 1 is 1.57 bits per heavy atom. The lowest BCUT2D eigenvalue weighted by atomic mass is 10.2. The molecule has 0 fully saturated rings. The number of hydrogen-bond acceptors (Lipinski definition) is 4. The van der Waals surface area contributed by atoms with Crippen LogP contribution in [0.3, 0.4) is 0 Å². The number of aromatic nitrogens is 1. The van der Waals surface area contributed by atoms with E-state index in [1.807, 2.05) is 17.5 Å². The van der Waals surface area contributed by atoms with Gasteiger partial charge in [0.15, 0.2) is 5.76 Å². The maximum Gasteiger partial charge on any atom is 0.177 e. The molecule has 0 bridgehead atoms. The van der Waals surface area contributed by atoms with Crippen LogP contribution >= 0.6 is 11.3 Å². The minimum absolute atomic E-state index is 0.491. The predicted octanol–water partition coefficient (Wildman–Crippen LogP) is 2.80. The molecule has 0 N–H and O–H groups in total. The summed E-state index contributed by atoms with van der Waals surface area (Å²) in [4.78, 5) is 1.03. The molecule has 0 radical (unpaired) electrons. The first kappa shape index (κ1) is 8.73. The van der Waals surface area contributed by atoms with E-state index in [-0.39, 0.29) is 0 Å². The van der Waals surface area contributed by atoms with Gasteiger partial charge in [-0.15, -0.1) is 11.3 Å². The van der Waals surface area contributed by atoms with Crippen molar-refractivity contribution in [3.05, 3.63) is 40.4 Å². The summed E-state index contributed by atoms with van der Waals surface area (Å²) in [7, 11) is 0. The second-order valence-electron chi connectivity index (χ2n) is 2.56. The second kappa shape index (κ2) is 3.90. The molecule has 0 aliphatic carbocycles. The van der Waals surface area contributed by atoms with E-state index in [1.54, 1.807) is 23.5 Å². The average molecular weight is 202 g/mol. The Labute approximate surface area is 84.9 Å². The van der Waals surface area contributed by atoms with Gasteiger partial charge in [0.25, 0.3) is 0 Å². The van der Waals surface area contributed by atoms with E-state index < -0.39 is 0 Å². The highest BCUT2D eigenvalue weighted by Gasteiger charge is 2.04. The second-order valence-corrected chi connectivity index (χ2v) is 3.54. The molecule has 0 spiro atoms. The Morgan fingerprint density at radius 2 is 2.50 bits per heavy atom. The molecule has 4 heteroatoms. The maximum absolute atomic E-state index is 8.90. The van der Waals surface area contributed by atoms with Gasteiger partial charge in [0, 0.05) is 10.9 Å². The van der Waals surface area contributed by atoms with Gasteiger partial charge in [-0.3, -0.25) is 0 Å². The Morgan fingerprint density at radius 3 is 3.07 bits per heavy atom. The summed E-state index contributed by atoms with van der Waals surface area (Å²) >= 11 is 1.57. The molecule has 2 aromatic heterocycles. The third-order valence-electron chi connectivity index (χ3n) is 1.65. The number of hydrogen-bond donors (Lipinski definition) is 0. The van der Waals surface area contributed by atoms with Crippen LogP contribution in [0.25, 0.3) is 11.6 Å². The fraction of sp³-hybridized carbons (Fsp3) is 0. The third kappa shape index (κ3) is 1.73. The average Bonchev–Trinajstić information content (AvgIpc) is 2.86. The molecule has 0 aliphatic rings. The lowest BCUT2D eigenvalue weighted by Gasteiger charge is -1.89. The van der Waals surface area contributed by atoms with Gasteiger partial charge in [0.1, 0.15) is 6.07 Å². The summed E-state index contributed by atoms with van der Waals surface area (Å²) in [5, 5.41) is 14.4. The largest absolute Gasteiger partial charge is 0.356 e. The molecule has 0 aliphatic heterocycles. The SMILES string of the molecule is N#C/C(=C/c1cccs1)c1ccno1. The molecule has 0 amide bonds. The van der Waals surface area contributed by atoms with E-state index >= 15 is 0 Å². The Bertz CT molecular complexity index is 463. The van der Waals surface area contributed by atoms with Gasteiger partial charge in [-0.25, -0.2) is 0 Å². The van der Waals surface area contributed by atoms with Gasteiger partial charge in [0.05, 0.1) is 11.8 Å². The Hall–Kier alpha value is -1.86. The van der Waals surface area contributed by atoms with Crippen LogP contribution in [0.4, 0.5) is 0 Å². The van der Waals surface area contributed by atoms with Crippen LogP contribution in [-0.4, -0.2) is 5.16 Å². The first-order valence-electron chi connectivity index (χ1n) is 3.96. The normalized spacial score (nSPS) is 11.2. The molecular weight excluding hydrogens is 196 g/mol. The zero-order chi connectivity index (χ0) is 9.80. The molecule has 68 valence electrons. The third-order valence-corrected chi connectivity index (χ3v) is 2.47. The van der Waals surface area contributed by atoms with Crippen molar-refractivity contribution in [2.24, 2.45) is 0 Å². The molecule has 3 nitrogen and oxygen atoms in total. The highest BCUT2D eigenvalue weighted by atomic mass is 32.1. The van der Waals surface area contributed by atoms with Crippen molar-refractivity contribution in [1.82, 2.24) is 5.16 Å². The van der Waals surface area contributed by atoms with Crippen LogP contribution in [0.5, 0.6) is 0 Å². The van der Waals surface area contributed by atoms with E-state index in [0.717, 1.165) is 4.88 Å². The quantitative estimate of drug-likeness (QED) is 0.703. The van der Waals surface area contributed by atoms with Gasteiger partial charge in [-0.2, -0.15) is 5.26 Å². The van der Waals surface area contributed by atoms with E-state index in [1.165, 1.54) is 6.20 Å². The minimum Gasteiger partial charge on any atom is -0.356 e. The predicted molar refractivity (Wildman–Crippen MR) is 54.3 cm³/mol. The van der Waals surface area contributed by atoms with Crippen LogP contribution in [0.15, 0.2) is 34.3 Å². The number of nitriles is 1. The summed E-state index contributed by atoms with van der Waals surface area (Å²) in [6, 6.07) is 7.63. The van der Waals surface area contributed by atoms with Crippen molar-refractivity contribution in [3.8, 4) is 6.07 Å². The fourth-order valence-corrected chi connectivity index (χ4v) is 1.69. The molecule has 0 atom stereocenters. The highest BCUT2D eigenvalue weighted by molar-refractivity contribution is 7.10. The van der Waals surface area contributed by atoms with Crippen LogP contribution in [-0.2, 0) is 0 Å². The van der Waals surface area contributed by atoms with Gasteiger partial charge >= 0.3 is 0 Å². The lowest BCUT2D eigenvalue weighted by molar-refractivity contribution is 0.411. The van der Waals surface area contributed by atoms with Crippen LogP contribution in [0.1, 0.15) is 10.6 Å². The highest BCUT2D eigenvalue weighted by Crippen LogP contribution is 2.19. The van der Waals surface area contributed by atoms with Crippen molar-refractivity contribution in [2.75, 3.05) is 0 Å². The summed E-state index contributed by atoms with van der Waals surface area (Å²) in [6.45, 7) is 0. The minimum atomic E-state index is 0.491. The number of allylic oxidation sites excluding steroid dienone is 1. The van der Waals surface area contributed by atoms with Crippen LogP contribution in [0.2, 0.25) is 0 Å². The molecule has 0 unspecified atom stereocenters. The molecular formula is C10H6N2OS. The zero-order valence-corrected chi connectivity index (χ0v) is 7.99. The van der Waals surface area contributed by atoms with E-state index in [9.17, 15) is 0 Å². The van der Waals surface area contributed by atoms with Crippen LogP contribution in [0, 0.1) is 11.3 Å². The Balaban J connectivity index is 2.37. The first-order valence-corrected chi connectivity index (χ1v) is 4.84. The monoisotopic (exact) mass is 202 g/mol. The summed E-state index contributed by atoms with van der Waals surface area (Å²) in [6.07, 6.45) is 3.31. The van der Waals surface area contributed by atoms with Crippen molar-refractivity contribution in [1.29, 1.82) is 5.26 Å². The summed E-state index contributed by atoms with van der Waals surface area (Å²) in [5.41, 5.74) is 0.491. The standard InChI is InChI=1S/C10H6N2OS/c11-7-8(10-3-4-12-13-10)6-9-2-1-5-14-9/h1-6H/b8-6-. The smallest absolute Gasteiger partial charge is 0.177 e. The van der Waals surface area contributed by atoms with Gasteiger partial charge in [-0.05, 0) is 17.5 Å². The Kier molecular flexibility index (Phi) is 2.43. The molecule has 0 aromatic carbocycles. The molecule has 14 heavy (non-hydrogen) atoms. The number of nitrogens with zero attached hydrogens (tertiary/aromatic N) is 2. The van der Waals surface area contributed by atoms with Gasteiger partial charge in [0.2, 0.25) is 0 Å². The van der Waals surface area contributed by atoms with E-state index in [0.29, 0.717) is 11.3 Å². The summed E-state index contributed by atoms with van der Waals surface area (Å²) in [5.74, 6) is 0.501. The topological polar surface area (TPSA) is 49.8 Å². The van der Waals surface area contributed by atoms with Gasteiger partial charge < -0.3 is 4.52 Å². The van der Waals surface area contributed by atoms with Gasteiger partial charge in [-0.1, -0.05) is 11.2 Å². The van der Waals surface area contributed by atoms with Crippen molar-refractivity contribution < 1.29 is 4.52 Å². The molecule has 0 saturated heterocycles. The lowest BCUT2D eigenvalue weighted by Crippen LogP contribution is -1.75. The van der Waals surface area contributed by atoms with E-state index in [4.69, 9.17) is 9.78 Å². The molecule has 2 rings (SSSR count). The molecule has 2 aromatic rings. The fourth-order valence-electron chi connectivity index (χ4n) is 1.03. The maximum atomic E-state index is 8.90. The van der Waals surface area contributed by atoms with Crippen molar-refractivity contribution >= 4 is 23.0 Å². The number of rotatable bonds is 2. The molecule has 2 heterocycles. The molecule has 0 saturated carbocycles. The van der Waals surface area contributed by atoms with Crippen molar-refractivity contribution in [3.63, 3.8) is 0 Å². The first-order chi connectivity index (χ1) is 6.90. The van der Waals surface area contributed by atoms with Crippen molar-refractivity contribution in [2.45, 2.75) is 0 Å². The van der Waals surface area contributed by atoms with E-state index in [2.05, 4.69) is 11.2 Å². The summed E-state index contributed by atoms with van der Waals surface area (Å²) < 4.78 is 4.90. The zero-order valence-electron chi connectivity index (χ0n) is 7.18. The van der Waals surface area contributed by atoms with Crippen LogP contribution < -0.4 is 0 Å².